The predicted octanol–water partition coefficient (Wildman–Crippen LogP) is 1.97. The van der Waals surface area contributed by atoms with Gasteiger partial charge in [0.2, 0.25) is 5.95 Å². The summed E-state index contributed by atoms with van der Waals surface area (Å²) in [7, 11) is 0. The molecule has 1 fully saturated rings. The van der Waals surface area contributed by atoms with Crippen LogP contribution < -0.4 is 10.2 Å². The van der Waals surface area contributed by atoms with Crippen LogP contribution in [0.4, 0.5) is 16.6 Å². The first-order chi connectivity index (χ1) is 10.4. The van der Waals surface area contributed by atoms with Crippen molar-refractivity contribution in [3.05, 3.63) is 12.3 Å². The molecule has 122 valence electrons. The molecule has 0 atom stereocenters. The van der Waals surface area contributed by atoms with Crippen LogP contribution in [-0.2, 0) is 4.74 Å². The van der Waals surface area contributed by atoms with E-state index in [9.17, 15) is 4.79 Å². The first-order valence-electron chi connectivity index (χ1n) is 7.67. The zero-order chi connectivity index (χ0) is 16.2. The molecule has 1 aromatic heterocycles. The molecule has 1 saturated heterocycles. The van der Waals surface area contributed by atoms with Crippen molar-refractivity contribution >= 4 is 17.9 Å². The second-order valence-corrected chi connectivity index (χ2v) is 6.29. The summed E-state index contributed by atoms with van der Waals surface area (Å²) in [6.45, 7) is 11.2. The molecule has 0 aromatic carbocycles. The van der Waals surface area contributed by atoms with Crippen LogP contribution in [-0.4, -0.2) is 59.3 Å². The van der Waals surface area contributed by atoms with Crippen molar-refractivity contribution in [2.75, 3.05) is 43.0 Å². The van der Waals surface area contributed by atoms with Gasteiger partial charge in [-0.25, -0.2) is 9.78 Å². The van der Waals surface area contributed by atoms with Crippen LogP contribution >= 0.6 is 0 Å². The fourth-order valence-corrected chi connectivity index (χ4v) is 2.26. The monoisotopic (exact) mass is 307 g/mol. The fourth-order valence-electron chi connectivity index (χ4n) is 2.26. The molecule has 2 heterocycles. The lowest BCUT2D eigenvalue weighted by atomic mass is 10.1. The van der Waals surface area contributed by atoms with E-state index in [4.69, 9.17) is 4.74 Å². The Morgan fingerprint density at radius 1 is 1.32 bits per heavy atom. The van der Waals surface area contributed by atoms with Crippen molar-refractivity contribution < 1.29 is 9.53 Å². The minimum absolute atomic E-state index is 0.0474. The lowest BCUT2D eigenvalue weighted by Crippen LogP contribution is -2.49. The van der Waals surface area contributed by atoms with Gasteiger partial charge in [-0.05, 0) is 33.8 Å². The Labute approximate surface area is 131 Å². The summed E-state index contributed by atoms with van der Waals surface area (Å²) in [5, 5.41) is 3.34. The summed E-state index contributed by atoms with van der Waals surface area (Å²) in [6.07, 6.45) is 1.51. The number of carbonyl (C=O) groups excluding carboxylic acids is 1. The standard InChI is InChI=1S/C15H25N5O2/c1-5-22-14(21)20-10-8-19(9-11-20)13-16-7-6-12(17-13)18-15(2,3)4/h6-7H,5,8-11H2,1-4H3,(H,16,17,18). The molecule has 1 aromatic rings. The van der Waals surface area contributed by atoms with E-state index in [0.717, 1.165) is 5.82 Å². The average Bonchev–Trinajstić information content (AvgIpc) is 2.46. The summed E-state index contributed by atoms with van der Waals surface area (Å²) in [4.78, 5) is 24.4. The van der Waals surface area contributed by atoms with Gasteiger partial charge in [-0.3, -0.25) is 0 Å². The van der Waals surface area contributed by atoms with Gasteiger partial charge in [0, 0.05) is 37.9 Å². The molecule has 2 rings (SSSR count). The van der Waals surface area contributed by atoms with Crippen LogP contribution in [0.3, 0.4) is 0 Å². The molecule has 0 spiro atoms. The number of ether oxygens (including phenoxy) is 1. The Kier molecular flexibility index (Phi) is 5.05. The zero-order valence-electron chi connectivity index (χ0n) is 13.8. The smallest absolute Gasteiger partial charge is 0.409 e. The molecule has 7 heteroatoms. The molecule has 1 amide bonds. The van der Waals surface area contributed by atoms with Crippen LogP contribution in [0.25, 0.3) is 0 Å². The molecule has 0 bridgehead atoms. The second kappa shape index (κ2) is 6.81. The van der Waals surface area contributed by atoms with Gasteiger partial charge in [0.05, 0.1) is 6.61 Å². The minimum atomic E-state index is -0.244. The number of hydrogen-bond donors (Lipinski definition) is 1. The van der Waals surface area contributed by atoms with E-state index in [2.05, 4.69) is 41.0 Å². The molecule has 0 saturated carbocycles. The Morgan fingerprint density at radius 2 is 2.00 bits per heavy atom. The van der Waals surface area contributed by atoms with Gasteiger partial charge in [-0.15, -0.1) is 0 Å². The topological polar surface area (TPSA) is 70.6 Å². The molecule has 1 aliphatic heterocycles. The maximum Gasteiger partial charge on any atom is 0.409 e. The third-order valence-corrected chi connectivity index (χ3v) is 3.23. The quantitative estimate of drug-likeness (QED) is 0.920. The molecule has 0 unspecified atom stereocenters. The second-order valence-electron chi connectivity index (χ2n) is 6.29. The third-order valence-electron chi connectivity index (χ3n) is 3.23. The fraction of sp³-hybridized carbons (Fsp3) is 0.667. The number of carbonyl (C=O) groups is 1. The van der Waals surface area contributed by atoms with Gasteiger partial charge in [-0.2, -0.15) is 4.98 Å². The number of amides is 1. The summed E-state index contributed by atoms with van der Waals surface area (Å²) < 4.78 is 5.02. The number of hydrogen-bond acceptors (Lipinski definition) is 6. The number of nitrogens with one attached hydrogen (secondary N) is 1. The summed E-state index contributed by atoms with van der Waals surface area (Å²) in [6, 6.07) is 1.86. The molecule has 1 N–H and O–H groups in total. The SMILES string of the molecule is CCOC(=O)N1CCN(c2nccc(NC(C)(C)C)n2)CC1. The lowest BCUT2D eigenvalue weighted by Gasteiger charge is -2.34. The van der Waals surface area contributed by atoms with Gasteiger partial charge in [0.25, 0.3) is 0 Å². The number of nitrogens with zero attached hydrogens (tertiary/aromatic N) is 4. The van der Waals surface area contributed by atoms with Gasteiger partial charge in [0.1, 0.15) is 5.82 Å². The first-order valence-corrected chi connectivity index (χ1v) is 7.67. The predicted molar refractivity (Wildman–Crippen MR) is 86.2 cm³/mol. The Morgan fingerprint density at radius 3 is 2.59 bits per heavy atom. The number of aromatic nitrogens is 2. The van der Waals surface area contributed by atoms with Crippen molar-refractivity contribution in [1.29, 1.82) is 0 Å². The van der Waals surface area contributed by atoms with Gasteiger partial charge >= 0.3 is 6.09 Å². The first kappa shape index (κ1) is 16.3. The molecular formula is C15H25N5O2. The van der Waals surface area contributed by atoms with Gasteiger partial charge in [-0.1, -0.05) is 0 Å². The van der Waals surface area contributed by atoms with E-state index in [-0.39, 0.29) is 11.6 Å². The van der Waals surface area contributed by atoms with E-state index in [0.29, 0.717) is 38.7 Å². The van der Waals surface area contributed by atoms with E-state index >= 15 is 0 Å². The molecule has 7 nitrogen and oxygen atoms in total. The van der Waals surface area contributed by atoms with Crippen molar-refractivity contribution in [3.8, 4) is 0 Å². The molecule has 1 aliphatic rings. The highest BCUT2D eigenvalue weighted by molar-refractivity contribution is 5.68. The Hall–Kier alpha value is -2.05. The zero-order valence-corrected chi connectivity index (χ0v) is 13.8. The van der Waals surface area contributed by atoms with Crippen molar-refractivity contribution in [3.63, 3.8) is 0 Å². The Balaban J connectivity index is 1.96. The summed E-state index contributed by atoms with van der Waals surface area (Å²) >= 11 is 0. The lowest BCUT2D eigenvalue weighted by molar-refractivity contribution is 0.105. The van der Waals surface area contributed by atoms with Gasteiger partial charge in [0.15, 0.2) is 0 Å². The van der Waals surface area contributed by atoms with E-state index in [1.165, 1.54) is 0 Å². The van der Waals surface area contributed by atoms with Crippen molar-refractivity contribution in [2.45, 2.75) is 33.2 Å². The maximum absolute atomic E-state index is 11.7. The van der Waals surface area contributed by atoms with Gasteiger partial charge < -0.3 is 19.9 Å². The number of piperazine rings is 1. The molecule has 22 heavy (non-hydrogen) atoms. The van der Waals surface area contributed by atoms with E-state index in [1.54, 1.807) is 11.1 Å². The van der Waals surface area contributed by atoms with E-state index < -0.39 is 0 Å². The third kappa shape index (κ3) is 4.47. The highest BCUT2D eigenvalue weighted by Gasteiger charge is 2.23. The average molecular weight is 307 g/mol. The van der Waals surface area contributed by atoms with Crippen LogP contribution in [0.5, 0.6) is 0 Å². The van der Waals surface area contributed by atoms with Crippen molar-refractivity contribution in [1.82, 2.24) is 14.9 Å². The highest BCUT2D eigenvalue weighted by Crippen LogP contribution is 2.16. The van der Waals surface area contributed by atoms with Crippen LogP contribution in [0, 0.1) is 0 Å². The van der Waals surface area contributed by atoms with Crippen molar-refractivity contribution in [2.24, 2.45) is 0 Å². The van der Waals surface area contributed by atoms with E-state index in [1.807, 2.05) is 13.0 Å². The summed E-state index contributed by atoms with van der Waals surface area (Å²) in [5.74, 6) is 1.50. The number of anilines is 2. The minimum Gasteiger partial charge on any atom is -0.450 e. The highest BCUT2D eigenvalue weighted by atomic mass is 16.6. The summed E-state index contributed by atoms with van der Waals surface area (Å²) in [5.41, 5.74) is -0.0474. The van der Waals surface area contributed by atoms with Crippen LogP contribution in [0.2, 0.25) is 0 Å². The van der Waals surface area contributed by atoms with Crippen LogP contribution in [0.1, 0.15) is 27.7 Å². The van der Waals surface area contributed by atoms with Crippen LogP contribution in [0.15, 0.2) is 12.3 Å². The molecule has 0 aliphatic carbocycles. The molecule has 0 radical (unpaired) electrons. The maximum atomic E-state index is 11.7. The molecular weight excluding hydrogens is 282 g/mol. The Bertz CT molecular complexity index is 507. The normalized spacial score (nSPS) is 15.6. The number of rotatable bonds is 3. The largest absolute Gasteiger partial charge is 0.450 e.